The maximum absolute atomic E-state index is 13.3. The monoisotopic (exact) mass is 562 g/mol. The predicted octanol–water partition coefficient (Wildman–Crippen LogP) is 4.82. The van der Waals surface area contributed by atoms with Gasteiger partial charge in [-0.25, -0.2) is 9.59 Å². The molecule has 210 valence electrons. The Labute approximate surface area is 238 Å². The van der Waals surface area contributed by atoms with E-state index >= 15 is 0 Å². The number of carbonyl (C=O) groups excluding carboxylic acids is 2. The number of aliphatic carboxylic acids is 1. The van der Waals surface area contributed by atoms with Crippen LogP contribution in [-0.4, -0.2) is 59.9 Å². The van der Waals surface area contributed by atoms with Gasteiger partial charge in [-0.05, 0) is 53.2 Å². The summed E-state index contributed by atoms with van der Waals surface area (Å²) in [5, 5.41) is 14.8. The number of hydrogen-bond donors (Lipinski definition) is 3. The second-order valence-corrected chi connectivity index (χ2v) is 10.6. The van der Waals surface area contributed by atoms with Gasteiger partial charge in [0.15, 0.2) is 0 Å². The van der Waals surface area contributed by atoms with Crippen LogP contribution in [0.25, 0.3) is 11.1 Å². The fourth-order valence-corrected chi connectivity index (χ4v) is 5.29. The van der Waals surface area contributed by atoms with Crippen molar-refractivity contribution in [3.63, 3.8) is 0 Å². The molecule has 0 aromatic heterocycles. The average Bonchev–Trinajstić information content (AvgIpc) is 3.29. The van der Waals surface area contributed by atoms with E-state index in [1.807, 2.05) is 73.0 Å². The molecular weight excluding hydrogens is 528 g/mol. The number of ether oxygens (including phenoxy) is 2. The minimum atomic E-state index is -1.17. The third-order valence-electron chi connectivity index (χ3n) is 6.95. The number of carbonyl (C=O) groups is 3. The van der Waals surface area contributed by atoms with Gasteiger partial charge in [-0.1, -0.05) is 78.9 Å². The van der Waals surface area contributed by atoms with Gasteiger partial charge in [-0.15, -0.1) is 0 Å². The van der Waals surface area contributed by atoms with E-state index in [1.165, 1.54) is 11.8 Å². The number of hydrogen-bond acceptors (Lipinski definition) is 6. The lowest BCUT2D eigenvalue weighted by Crippen LogP contribution is -2.56. The molecule has 1 aliphatic rings. The van der Waals surface area contributed by atoms with E-state index in [4.69, 9.17) is 9.47 Å². The van der Waals surface area contributed by atoms with Gasteiger partial charge >= 0.3 is 12.1 Å². The summed E-state index contributed by atoms with van der Waals surface area (Å²) in [6.07, 6.45) is 0.560. The zero-order chi connectivity index (χ0) is 28.5. The number of alkyl carbamates (subject to hydrolysis) is 1. The van der Waals surface area contributed by atoms with Crippen LogP contribution in [0.2, 0.25) is 0 Å². The van der Waals surface area contributed by atoms with E-state index in [9.17, 15) is 19.5 Å². The molecule has 8 nitrogen and oxygen atoms in total. The summed E-state index contributed by atoms with van der Waals surface area (Å²) in [6.45, 7) is 1.96. The third-order valence-corrected chi connectivity index (χ3v) is 7.59. The summed E-state index contributed by atoms with van der Waals surface area (Å²) >= 11 is 1.49. The Morgan fingerprint density at radius 1 is 0.900 bits per heavy atom. The number of fused-ring (bicyclic) bond motifs is 3. The van der Waals surface area contributed by atoms with Crippen molar-refractivity contribution in [3.8, 4) is 11.1 Å². The molecule has 0 heterocycles. The minimum Gasteiger partial charge on any atom is -0.480 e. The lowest BCUT2D eigenvalue weighted by Gasteiger charge is -2.26. The SMILES string of the molecule is CSCC[C@@H](NC(=O)[C@H](NC(=O)OCC1c2ccccc2-c2ccccc21)[C@H](C)OCc1ccccc1)C(=O)O. The van der Waals surface area contributed by atoms with Crippen LogP contribution in [0.15, 0.2) is 78.9 Å². The maximum atomic E-state index is 13.3. The molecule has 3 atom stereocenters. The third kappa shape index (κ3) is 7.22. The Hall–Kier alpha value is -3.82. The summed E-state index contributed by atoms with van der Waals surface area (Å²) in [7, 11) is 0. The second-order valence-electron chi connectivity index (χ2n) is 9.63. The topological polar surface area (TPSA) is 114 Å². The second kappa shape index (κ2) is 14.0. The summed E-state index contributed by atoms with van der Waals surface area (Å²) in [5.74, 6) is -1.37. The van der Waals surface area contributed by atoms with E-state index in [2.05, 4.69) is 22.8 Å². The molecule has 0 saturated carbocycles. The van der Waals surface area contributed by atoms with Crippen molar-refractivity contribution in [1.82, 2.24) is 10.6 Å². The highest BCUT2D eigenvalue weighted by Gasteiger charge is 2.33. The molecule has 0 saturated heterocycles. The molecule has 9 heteroatoms. The van der Waals surface area contributed by atoms with Crippen molar-refractivity contribution >= 4 is 29.7 Å². The van der Waals surface area contributed by atoms with Gasteiger partial charge in [0.25, 0.3) is 0 Å². The summed E-state index contributed by atoms with van der Waals surface area (Å²) in [4.78, 5) is 38.0. The average molecular weight is 563 g/mol. The molecule has 0 unspecified atom stereocenters. The van der Waals surface area contributed by atoms with Crippen molar-refractivity contribution < 1.29 is 29.0 Å². The van der Waals surface area contributed by atoms with Gasteiger partial charge < -0.3 is 25.2 Å². The molecule has 0 radical (unpaired) electrons. The van der Waals surface area contributed by atoms with Gasteiger partial charge in [0, 0.05) is 5.92 Å². The fraction of sp³-hybridized carbons (Fsp3) is 0.323. The largest absolute Gasteiger partial charge is 0.480 e. The van der Waals surface area contributed by atoms with E-state index in [0.29, 0.717) is 5.75 Å². The molecule has 3 aromatic rings. The normalized spacial score (nSPS) is 14.3. The van der Waals surface area contributed by atoms with Gasteiger partial charge in [0.2, 0.25) is 5.91 Å². The highest BCUT2D eigenvalue weighted by molar-refractivity contribution is 7.98. The predicted molar refractivity (Wildman–Crippen MR) is 155 cm³/mol. The lowest BCUT2D eigenvalue weighted by atomic mass is 9.98. The standard InChI is InChI=1S/C31H34N2O6S/c1-20(38-18-21-10-4-3-5-11-21)28(29(34)32-27(30(35)36)16-17-40-2)33-31(37)39-19-26-24-14-8-6-12-22(24)23-13-7-9-15-25(23)26/h3-15,20,26-28H,16-19H2,1-2H3,(H,32,34)(H,33,37)(H,35,36)/t20-,27+,28+/m0/s1. The molecule has 3 aromatic carbocycles. The van der Waals surface area contributed by atoms with Crippen molar-refractivity contribution in [1.29, 1.82) is 0 Å². The number of carboxylic acids is 1. The van der Waals surface area contributed by atoms with E-state index < -0.39 is 36.2 Å². The number of carboxylic acid groups (broad SMARTS) is 1. The highest BCUT2D eigenvalue weighted by atomic mass is 32.2. The van der Waals surface area contributed by atoms with E-state index in [1.54, 1.807) is 6.92 Å². The Kier molecular flexibility index (Phi) is 10.2. The molecule has 0 aliphatic heterocycles. The number of rotatable bonds is 13. The molecular formula is C31H34N2O6S. The molecule has 0 spiro atoms. The van der Waals surface area contributed by atoms with Crippen molar-refractivity contribution in [2.24, 2.45) is 0 Å². The molecule has 1 aliphatic carbocycles. The first-order valence-corrected chi connectivity index (χ1v) is 14.6. The van der Waals surface area contributed by atoms with Gasteiger partial charge in [0.1, 0.15) is 18.7 Å². The van der Waals surface area contributed by atoms with E-state index in [0.717, 1.165) is 27.8 Å². The summed E-state index contributed by atoms with van der Waals surface area (Å²) in [5.41, 5.74) is 5.26. The van der Waals surface area contributed by atoms with Crippen molar-refractivity contribution in [3.05, 3.63) is 95.6 Å². The number of thioether (sulfide) groups is 1. The molecule has 3 N–H and O–H groups in total. The zero-order valence-corrected chi connectivity index (χ0v) is 23.4. The number of amides is 2. The Morgan fingerprint density at radius 2 is 1.50 bits per heavy atom. The summed E-state index contributed by atoms with van der Waals surface area (Å²) in [6, 6.07) is 23.2. The lowest BCUT2D eigenvalue weighted by molar-refractivity contribution is -0.142. The van der Waals surface area contributed by atoms with Crippen LogP contribution in [0.3, 0.4) is 0 Å². The first-order chi connectivity index (χ1) is 19.4. The highest BCUT2D eigenvalue weighted by Crippen LogP contribution is 2.44. The van der Waals surface area contributed by atoms with Gasteiger partial charge in [-0.3, -0.25) is 4.79 Å². The Balaban J connectivity index is 1.45. The van der Waals surface area contributed by atoms with Gasteiger partial charge in [0.05, 0.1) is 12.7 Å². The maximum Gasteiger partial charge on any atom is 0.407 e. The van der Waals surface area contributed by atoms with Crippen molar-refractivity contribution in [2.45, 2.75) is 44.1 Å². The van der Waals surface area contributed by atoms with Crippen LogP contribution in [0.4, 0.5) is 4.79 Å². The fourth-order valence-electron chi connectivity index (χ4n) is 4.82. The number of benzene rings is 3. The Bertz CT molecular complexity index is 1270. The van der Waals surface area contributed by atoms with Crippen molar-refractivity contribution in [2.75, 3.05) is 18.6 Å². The zero-order valence-electron chi connectivity index (χ0n) is 22.5. The van der Waals surface area contributed by atoms with E-state index in [-0.39, 0.29) is 25.6 Å². The molecule has 2 amide bonds. The quantitative estimate of drug-likeness (QED) is 0.274. The molecule has 40 heavy (non-hydrogen) atoms. The van der Waals surface area contributed by atoms with Crippen LogP contribution in [0, 0.1) is 0 Å². The van der Waals surface area contributed by atoms with Crippen LogP contribution in [-0.2, 0) is 25.7 Å². The Morgan fingerprint density at radius 3 is 2.10 bits per heavy atom. The summed E-state index contributed by atoms with van der Waals surface area (Å²) < 4.78 is 11.6. The molecule has 4 rings (SSSR count). The van der Waals surface area contributed by atoms with Gasteiger partial charge in [-0.2, -0.15) is 11.8 Å². The smallest absolute Gasteiger partial charge is 0.407 e. The van der Waals surface area contributed by atoms with Crippen LogP contribution < -0.4 is 10.6 Å². The molecule has 0 bridgehead atoms. The van der Waals surface area contributed by atoms with Crippen LogP contribution >= 0.6 is 11.8 Å². The van der Waals surface area contributed by atoms with Crippen LogP contribution in [0.1, 0.15) is 36.0 Å². The number of nitrogens with one attached hydrogen (secondary N) is 2. The minimum absolute atomic E-state index is 0.0823. The molecule has 0 fully saturated rings. The van der Waals surface area contributed by atoms with Crippen LogP contribution in [0.5, 0.6) is 0 Å². The first kappa shape index (κ1) is 29.2. The first-order valence-electron chi connectivity index (χ1n) is 13.2.